The molecule has 1 aliphatic carbocycles. The third kappa shape index (κ3) is 1.92. The second-order valence-electron chi connectivity index (χ2n) is 4.07. The summed E-state index contributed by atoms with van der Waals surface area (Å²) in [4.78, 5) is 4.39. The van der Waals surface area contributed by atoms with Crippen LogP contribution >= 0.6 is 11.3 Å². The molecule has 3 unspecified atom stereocenters. The molecule has 1 aromatic rings. The molecule has 1 aliphatic rings. The van der Waals surface area contributed by atoms with Crippen molar-refractivity contribution in [3.05, 3.63) is 16.6 Å². The van der Waals surface area contributed by atoms with Crippen molar-refractivity contribution < 1.29 is 0 Å². The summed E-state index contributed by atoms with van der Waals surface area (Å²) in [5, 5.41) is 2.17. The van der Waals surface area contributed by atoms with E-state index in [1.807, 2.05) is 5.51 Å². The maximum Gasteiger partial charge on any atom is 0.0794 e. The normalized spacial score (nSPS) is 34.8. The summed E-state index contributed by atoms with van der Waals surface area (Å²) in [7, 11) is 0. The van der Waals surface area contributed by atoms with Gasteiger partial charge in [0.2, 0.25) is 0 Å². The van der Waals surface area contributed by atoms with Crippen LogP contribution in [-0.2, 0) is 0 Å². The van der Waals surface area contributed by atoms with Crippen LogP contribution in [0.3, 0.4) is 0 Å². The van der Waals surface area contributed by atoms with E-state index in [9.17, 15) is 0 Å². The van der Waals surface area contributed by atoms with Gasteiger partial charge in [0.25, 0.3) is 0 Å². The molecule has 1 fully saturated rings. The molecule has 2 nitrogen and oxygen atoms in total. The lowest BCUT2D eigenvalue weighted by Crippen LogP contribution is -2.31. The van der Waals surface area contributed by atoms with Crippen LogP contribution in [0, 0.1) is 5.92 Å². The van der Waals surface area contributed by atoms with Gasteiger partial charge in [-0.05, 0) is 25.2 Å². The molecule has 3 heteroatoms. The number of hydrogen-bond donors (Lipinski definition) is 1. The SMILES string of the molecule is CC1CCC(N)CC1c1cscn1. The molecular weight excluding hydrogens is 180 g/mol. The Labute approximate surface area is 83.2 Å². The molecule has 3 atom stereocenters. The van der Waals surface area contributed by atoms with Crippen LogP contribution in [0.1, 0.15) is 37.8 Å². The second-order valence-corrected chi connectivity index (χ2v) is 4.79. The Morgan fingerprint density at radius 2 is 2.38 bits per heavy atom. The zero-order valence-electron chi connectivity index (χ0n) is 7.94. The predicted octanol–water partition coefficient (Wildman–Crippen LogP) is 2.37. The fraction of sp³-hybridized carbons (Fsp3) is 0.700. The average Bonchev–Trinajstić information content (AvgIpc) is 2.61. The molecule has 0 amide bonds. The first-order chi connectivity index (χ1) is 6.27. The van der Waals surface area contributed by atoms with E-state index in [1.165, 1.54) is 18.5 Å². The van der Waals surface area contributed by atoms with Crippen molar-refractivity contribution in [2.24, 2.45) is 11.7 Å². The molecule has 2 N–H and O–H groups in total. The molecule has 1 saturated carbocycles. The van der Waals surface area contributed by atoms with Gasteiger partial charge in [-0.25, -0.2) is 4.98 Å². The Kier molecular flexibility index (Phi) is 2.65. The van der Waals surface area contributed by atoms with Crippen LogP contribution in [0.4, 0.5) is 0 Å². The maximum absolute atomic E-state index is 5.97. The van der Waals surface area contributed by atoms with Crippen LogP contribution in [0.15, 0.2) is 10.9 Å². The summed E-state index contributed by atoms with van der Waals surface area (Å²) >= 11 is 1.68. The third-order valence-corrected chi connectivity index (χ3v) is 3.67. The van der Waals surface area contributed by atoms with Crippen molar-refractivity contribution in [1.29, 1.82) is 0 Å². The Morgan fingerprint density at radius 3 is 3.08 bits per heavy atom. The summed E-state index contributed by atoms with van der Waals surface area (Å²) in [5.74, 6) is 1.36. The molecule has 1 aromatic heterocycles. The number of nitrogens with two attached hydrogens (primary N) is 1. The Balaban J connectivity index is 2.12. The number of hydrogen-bond acceptors (Lipinski definition) is 3. The Morgan fingerprint density at radius 1 is 1.54 bits per heavy atom. The van der Waals surface area contributed by atoms with Crippen molar-refractivity contribution in [1.82, 2.24) is 4.98 Å². The van der Waals surface area contributed by atoms with Crippen LogP contribution in [-0.4, -0.2) is 11.0 Å². The van der Waals surface area contributed by atoms with Gasteiger partial charge in [-0.2, -0.15) is 0 Å². The topological polar surface area (TPSA) is 38.9 Å². The molecule has 0 saturated heterocycles. The van der Waals surface area contributed by atoms with Crippen molar-refractivity contribution in [3.8, 4) is 0 Å². The summed E-state index contributed by atoms with van der Waals surface area (Å²) in [6, 6.07) is 0.392. The van der Waals surface area contributed by atoms with E-state index in [4.69, 9.17) is 5.73 Å². The highest BCUT2D eigenvalue weighted by Gasteiger charge is 2.27. The molecule has 0 aromatic carbocycles. The molecule has 1 heterocycles. The Hall–Kier alpha value is -0.410. The lowest BCUT2D eigenvalue weighted by molar-refractivity contribution is 0.296. The molecule has 0 spiro atoms. The summed E-state index contributed by atoms with van der Waals surface area (Å²) in [6.07, 6.45) is 3.55. The van der Waals surface area contributed by atoms with E-state index < -0.39 is 0 Å². The standard InChI is InChI=1S/C10H16N2S/c1-7-2-3-8(11)4-9(7)10-5-13-6-12-10/h5-9H,2-4,11H2,1H3. The lowest BCUT2D eigenvalue weighted by Gasteiger charge is -2.31. The largest absolute Gasteiger partial charge is 0.328 e. The monoisotopic (exact) mass is 196 g/mol. The van der Waals surface area contributed by atoms with Gasteiger partial charge in [0, 0.05) is 17.3 Å². The smallest absolute Gasteiger partial charge is 0.0794 e. The minimum atomic E-state index is 0.392. The van der Waals surface area contributed by atoms with E-state index >= 15 is 0 Å². The zero-order chi connectivity index (χ0) is 9.26. The first kappa shape index (κ1) is 9.16. The van der Waals surface area contributed by atoms with Crippen molar-refractivity contribution in [2.45, 2.75) is 38.1 Å². The van der Waals surface area contributed by atoms with Gasteiger partial charge in [0.05, 0.1) is 11.2 Å². The third-order valence-electron chi connectivity index (χ3n) is 3.07. The van der Waals surface area contributed by atoms with E-state index in [0.29, 0.717) is 12.0 Å². The van der Waals surface area contributed by atoms with Crippen molar-refractivity contribution in [2.75, 3.05) is 0 Å². The number of thiazole rings is 1. The van der Waals surface area contributed by atoms with E-state index in [0.717, 1.165) is 12.3 Å². The molecule has 13 heavy (non-hydrogen) atoms. The lowest BCUT2D eigenvalue weighted by atomic mass is 9.77. The zero-order valence-corrected chi connectivity index (χ0v) is 8.76. The van der Waals surface area contributed by atoms with Crippen LogP contribution in [0.2, 0.25) is 0 Å². The summed E-state index contributed by atoms with van der Waals surface area (Å²) in [5.41, 5.74) is 9.14. The van der Waals surface area contributed by atoms with Crippen LogP contribution in [0.5, 0.6) is 0 Å². The second kappa shape index (κ2) is 3.76. The molecule has 0 bridgehead atoms. The molecule has 2 rings (SSSR count). The van der Waals surface area contributed by atoms with Gasteiger partial charge in [-0.3, -0.25) is 0 Å². The van der Waals surface area contributed by atoms with Gasteiger partial charge < -0.3 is 5.73 Å². The molecule has 72 valence electrons. The van der Waals surface area contributed by atoms with Crippen molar-refractivity contribution >= 4 is 11.3 Å². The molecular formula is C10H16N2S. The minimum Gasteiger partial charge on any atom is -0.328 e. The average molecular weight is 196 g/mol. The summed E-state index contributed by atoms with van der Waals surface area (Å²) in [6.45, 7) is 2.32. The van der Waals surface area contributed by atoms with Gasteiger partial charge in [-0.1, -0.05) is 6.92 Å². The van der Waals surface area contributed by atoms with Gasteiger partial charge in [-0.15, -0.1) is 11.3 Å². The van der Waals surface area contributed by atoms with Crippen LogP contribution in [0.25, 0.3) is 0 Å². The van der Waals surface area contributed by atoms with Gasteiger partial charge in [0.1, 0.15) is 0 Å². The van der Waals surface area contributed by atoms with Gasteiger partial charge >= 0.3 is 0 Å². The first-order valence-corrected chi connectivity index (χ1v) is 5.85. The van der Waals surface area contributed by atoms with E-state index in [-0.39, 0.29) is 0 Å². The Bertz CT molecular complexity index is 258. The van der Waals surface area contributed by atoms with Crippen molar-refractivity contribution in [3.63, 3.8) is 0 Å². The summed E-state index contributed by atoms with van der Waals surface area (Å²) < 4.78 is 0. The molecule has 0 radical (unpaired) electrons. The highest BCUT2D eigenvalue weighted by atomic mass is 32.1. The fourth-order valence-electron chi connectivity index (χ4n) is 2.17. The fourth-order valence-corrected chi connectivity index (χ4v) is 2.79. The molecule has 0 aliphatic heterocycles. The quantitative estimate of drug-likeness (QED) is 0.749. The maximum atomic E-state index is 5.97. The highest BCUT2D eigenvalue weighted by molar-refractivity contribution is 7.07. The highest BCUT2D eigenvalue weighted by Crippen LogP contribution is 2.36. The number of nitrogens with zero attached hydrogens (tertiary/aromatic N) is 1. The predicted molar refractivity (Wildman–Crippen MR) is 55.8 cm³/mol. The number of aromatic nitrogens is 1. The minimum absolute atomic E-state index is 0.392. The van der Waals surface area contributed by atoms with E-state index in [2.05, 4.69) is 17.3 Å². The number of rotatable bonds is 1. The van der Waals surface area contributed by atoms with E-state index in [1.54, 1.807) is 11.3 Å². The first-order valence-electron chi connectivity index (χ1n) is 4.91. The van der Waals surface area contributed by atoms with Gasteiger partial charge in [0.15, 0.2) is 0 Å². The van der Waals surface area contributed by atoms with Crippen LogP contribution < -0.4 is 5.73 Å².